The molecule has 0 saturated carbocycles. The van der Waals surface area contributed by atoms with Gasteiger partial charge in [0, 0.05) is 17.7 Å². The van der Waals surface area contributed by atoms with Gasteiger partial charge in [0.1, 0.15) is 6.10 Å². The molecule has 178 valence electrons. The zero-order valence-corrected chi connectivity index (χ0v) is 24.7. The van der Waals surface area contributed by atoms with Gasteiger partial charge in [-0.05, 0) is 55.5 Å². The quantitative estimate of drug-likeness (QED) is 0.299. The fraction of sp³-hybridized carbons (Fsp3) is 0.792. The molecule has 1 aliphatic heterocycles. The Morgan fingerprint density at radius 1 is 1.03 bits per heavy atom. The molecule has 0 N–H and O–H groups in total. The number of pyridine rings is 1. The number of aryl methyl sites for hydroxylation is 1. The molecule has 0 amide bonds. The summed E-state index contributed by atoms with van der Waals surface area (Å²) in [5.74, 6) is 0. The van der Waals surface area contributed by atoms with E-state index < -0.39 is 16.6 Å². The minimum Gasteiger partial charge on any atom is -0.414 e. The van der Waals surface area contributed by atoms with Gasteiger partial charge in [0.2, 0.25) is 0 Å². The third-order valence-electron chi connectivity index (χ3n) is 7.52. The molecule has 7 heteroatoms. The van der Waals surface area contributed by atoms with E-state index in [0.717, 1.165) is 17.1 Å². The second kappa shape index (κ2) is 9.59. The molecular weight excluding hydrogens is 439 g/mol. The maximum atomic E-state index is 6.89. The van der Waals surface area contributed by atoms with Crippen molar-refractivity contribution in [3.63, 3.8) is 0 Å². The van der Waals surface area contributed by atoms with Gasteiger partial charge in [0.25, 0.3) is 0 Å². The van der Waals surface area contributed by atoms with Gasteiger partial charge in [-0.3, -0.25) is 0 Å². The van der Waals surface area contributed by atoms with E-state index in [1.165, 1.54) is 5.56 Å². The largest absolute Gasteiger partial charge is 0.414 e. The van der Waals surface area contributed by atoms with Gasteiger partial charge in [-0.1, -0.05) is 47.6 Å². The van der Waals surface area contributed by atoms with Crippen molar-refractivity contribution in [2.24, 2.45) is 0 Å². The molecule has 2 heterocycles. The van der Waals surface area contributed by atoms with E-state index in [1.807, 2.05) is 0 Å². The minimum atomic E-state index is -1.93. The summed E-state index contributed by atoms with van der Waals surface area (Å²) in [6.45, 7) is 25.7. The predicted molar refractivity (Wildman–Crippen MR) is 138 cm³/mol. The molecule has 0 spiro atoms. The highest BCUT2D eigenvalue weighted by molar-refractivity contribution is 7.98. The fourth-order valence-corrected chi connectivity index (χ4v) is 6.06. The van der Waals surface area contributed by atoms with Crippen molar-refractivity contribution < 1.29 is 13.6 Å². The molecule has 31 heavy (non-hydrogen) atoms. The van der Waals surface area contributed by atoms with Crippen LogP contribution in [0.4, 0.5) is 0 Å². The van der Waals surface area contributed by atoms with Crippen molar-refractivity contribution in [3.8, 4) is 0 Å². The second-order valence-electron chi connectivity index (χ2n) is 11.9. The molecular formula is C24H45NO3SSi2. The number of nitrogens with zero attached hydrogens (tertiary/aromatic N) is 1. The van der Waals surface area contributed by atoms with Crippen LogP contribution in [0.5, 0.6) is 0 Å². The molecule has 3 atom stereocenters. The molecule has 1 aromatic heterocycles. The van der Waals surface area contributed by atoms with Crippen LogP contribution < -0.4 is 0 Å². The maximum absolute atomic E-state index is 6.89. The van der Waals surface area contributed by atoms with E-state index in [-0.39, 0.29) is 28.4 Å². The third kappa shape index (κ3) is 6.45. The summed E-state index contributed by atoms with van der Waals surface area (Å²) < 4.78 is 20.1. The van der Waals surface area contributed by atoms with Crippen molar-refractivity contribution in [1.29, 1.82) is 0 Å². The average molecular weight is 484 g/mol. The molecule has 0 radical (unpaired) electrons. The molecule has 0 aliphatic carbocycles. The lowest BCUT2D eigenvalue weighted by atomic mass is 10.0. The summed E-state index contributed by atoms with van der Waals surface area (Å²) in [4.78, 5) is 4.74. The lowest BCUT2D eigenvalue weighted by Gasteiger charge is -2.40. The summed E-state index contributed by atoms with van der Waals surface area (Å²) >= 11 is 1.67. The zero-order chi connectivity index (χ0) is 23.8. The number of ether oxygens (including phenoxy) is 1. The number of hydrogen-bond donors (Lipinski definition) is 0. The van der Waals surface area contributed by atoms with Crippen molar-refractivity contribution in [1.82, 2.24) is 4.98 Å². The molecule has 1 saturated heterocycles. The lowest BCUT2D eigenvalue weighted by molar-refractivity contribution is -0.0167. The standard InChI is InChI=1S/C24H45NO3SSi2/c1-17-18(13-14-22(25-17)29-8)19-15-20(28-31(11,12)24(5,6)7)21(27-19)16-26-30(9,10)23(2,3)4/h13-14,19-21H,15-16H2,1-12H3/t19-,20+,21-/m1/s1. The summed E-state index contributed by atoms with van der Waals surface area (Å²) in [5, 5.41) is 1.38. The van der Waals surface area contributed by atoms with E-state index in [4.69, 9.17) is 18.6 Å². The first kappa shape index (κ1) is 27.1. The number of thioether (sulfide) groups is 1. The van der Waals surface area contributed by atoms with Gasteiger partial charge in [-0.15, -0.1) is 11.8 Å². The van der Waals surface area contributed by atoms with Gasteiger partial charge in [0.15, 0.2) is 16.6 Å². The lowest BCUT2D eigenvalue weighted by Crippen LogP contribution is -2.48. The minimum absolute atomic E-state index is 0.00573. The monoisotopic (exact) mass is 483 g/mol. The molecule has 0 bridgehead atoms. The first-order chi connectivity index (χ1) is 14.0. The number of aromatic nitrogens is 1. The number of rotatable bonds is 7. The van der Waals surface area contributed by atoms with Crippen molar-refractivity contribution in [2.45, 2.75) is 114 Å². The predicted octanol–water partition coefficient (Wildman–Crippen LogP) is 7.35. The van der Waals surface area contributed by atoms with Gasteiger partial charge in [-0.25, -0.2) is 4.98 Å². The Kier molecular flexibility index (Phi) is 8.37. The van der Waals surface area contributed by atoms with Gasteiger partial charge < -0.3 is 13.6 Å². The highest BCUT2D eigenvalue weighted by Gasteiger charge is 2.46. The van der Waals surface area contributed by atoms with E-state index in [9.17, 15) is 0 Å². The van der Waals surface area contributed by atoms with E-state index in [1.54, 1.807) is 11.8 Å². The number of hydrogen-bond acceptors (Lipinski definition) is 5. The Labute approximate surface area is 197 Å². The van der Waals surface area contributed by atoms with Crippen LogP contribution >= 0.6 is 11.8 Å². The van der Waals surface area contributed by atoms with E-state index >= 15 is 0 Å². The van der Waals surface area contributed by atoms with E-state index in [2.05, 4.69) is 93.0 Å². The molecule has 1 fully saturated rings. The van der Waals surface area contributed by atoms with Crippen LogP contribution in [0.1, 0.15) is 65.3 Å². The first-order valence-corrected chi connectivity index (χ1v) is 18.5. The van der Waals surface area contributed by atoms with Gasteiger partial charge in [0.05, 0.1) is 23.8 Å². The summed E-state index contributed by atoms with van der Waals surface area (Å²) in [6.07, 6.45) is 2.93. The highest BCUT2D eigenvalue weighted by atomic mass is 32.2. The molecule has 1 aliphatic rings. The average Bonchev–Trinajstić information content (AvgIpc) is 2.99. The van der Waals surface area contributed by atoms with Crippen molar-refractivity contribution in [2.75, 3.05) is 12.9 Å². The Bertz CT molecular complexity index is 756. The van der Waals surface area contributed by atoms with E-state index in [0.29, 0.717) is 6.61 Å². The van der Waals surface area contributed by atoms with Crippen LogP contribution in [0.25, 0.3) is 0 Å². The van der Waals surface area contributed by atoms with Gasteiger partial charge in [-0.2, -0.15) is 0 Å². The Balaban J connectivity index is 2.26. The van der Waals surface area contributed by atoms with Crippen molar-refractivity contribution in [3.05, 3.63) is 23.4 Å². The normalized spacial score (nSPS) is 23.4. The maximum Gasteiger partial charge on any atom is 0.192 e. The fourth-order valence-electron chi connectivity index (χ4n) is 3.25. The topological polar surface area (TPSA) is 40.6 Å². The van der Waals surface area contributed by atoms with Crippen LogP contribution in [-0.4, -0.2) is 46.7 Å². The van der Waals surface area contributed by atoms with Crippen LogP contribution in [0.2, 0.25) is 36.3 Å². The van der Waals surface area contributed by atoms with Crippen LogP contribution in [0.3, 0.4) is 0 Å². The molecule has 0 aromatic carbocycles. The summed E-state index contributed by atoms with van der Waals surface area (Å²) in [7, 11) is -3.79. The Hall–Kier alpha value is -0.186. The van der Waals surface area contributed by atoms with Gasteiger partial charge >= 0.3 is 0 Å². The highest BCUT2D eigenvalue weighted by Crippen LogP contribution is 2.44. The molecule has 2 rings (SSSR count). The molecule has 1 aromatic rings. The van der Waals surface area contributed by atoms with Crippen molar-refractivity contribution >= 4 is 28.4 Å². The Morgan fingerprint density at radius 3 is 2.10 bits per heavy atom. The van der Waals surface area contributed by atoms with Crippen LogP contribution in [0.15, 0.2) is 17.2 Å². The SMILES string of the molecule is CSc1ccc([C@H]2C[C@H](O[Si](C)(C)C(C)(C)C)[C@@H](CO[Si](C)(C)C(C)(C)C)O2)c(C)n1. The Morgan fingerprint density at radius 2 is 1.61 bits per heavy atom. The molecule has 4 nitrogen and oxygen atoms in total. The smallest absolute Gasteiger partial charge is 0.192 e. The summed E-state index contributed by atoms with van der Waals surface area (Å²) in [5.41, 5.74) is 2.23. The third-order valence-corrected chi connectivity index (χ3v) is 17.2. The summed E-state index contributed by atoms with van der Waals surface area (Å²) in [6, 6.07) is 4.28. The zero-order valence-electron chi connectivity index (χ0n) is 21.9. The second-order valence-corrected chi connectivity index (χ2v) is 22.3. The first-order valence-electron chi connectivity index (χ1n) is 11.5. The van der Waals surface area contributed by atoms with Crippen LogP contribution in [0, 0.1) is 6.92 Å². The molecule has 0 unspecified atom stereocenters. The van der Waals surface area contributed by atoms with Crippen LogP contribution in [-0.2, 0) is 13.6 Å².